The molecule has 1 fully saturated rings. The molecule has 1 atom stereocenters. The number of piperidine rings is 1. The van der Waals surface area contributed by atoms with Gasteiger partial charge in [0.05, 0.1) is 5.56 Å². The van der Waals surface area contributed by atoms with Crippen LogP contribution in [0.4, 0.5) is 24.5 Å². The van der Waals surface area contributed by atoms with E-state index in [0.717, 1.165) is 49.6 Å². The maximum Gasteiger partial charge on any atom is 0.486 e. The van der Waals surface area contributed by atoms with E-state index < -0.39 is 17.7 Å². The van der Waals surface area contributed by atoms with E-state index in [1.54, 1.807) is 12.1 Å². The molecule has 3 N–H and O–H groups in total. The van der Waals surface area contributed by atoms with Crippen molar-refractivity contribution in [3.05, 3.63) is 35.4 Å². The first-order chi connectivity index (χ1) is 11.9. The molecule has 25 heavy (non-hydrogen) atoms. The number of nitrogen functional groups attached to an aromatic ring is 1. The first-order valence-corrected chi connectivity index (χ1v) is 8.93. The fourth-order valence-corrected chi connectivity index (χ4v) is 3.77. The molecule has 9 heteroatoms. The minimum atomic E-state index is -4.56. The predicted octanol–water partition coefficient (Wildman–Crippen LogP) is 3.31. The van der Waals surface area contributed by atoms with Crippen molar-refractivity contribution in [2.45, 2.75) is 31.1 Å². The summed E-state index contributed by atoms with van der Waals surface area (Å²) in [5, 5.41) is 3.69. The Labute approximate surface area is 148 Å². The lowest BCUT2D eigenvalue weighted by molar-refractivity contribution is -0.231. The Balaban J connectivity index is 1.75. The number of carbonyl (C=O) groups excluding carboxylic acids is 1. The third-order valence-corrected chi connectivity index (χ3v) is 5.11. The van der Waals surface area contributed by atoms with Crippen molar-refractivity contribution in [3.63, 3.8) is 0 Å². The molecular weight excluding hydrogens is 353 g/mol. The highest BCUT2D eigenvalue weighted by atomic mass is 32.2. The summed E-state index contributed by atoms with van der Waals surface area (Å²) >= 11 is 0.881. The number of hydrogen-bond acceptors (Lipinski definition) is 5. The van der Waals surface area contributed by atoms with Crippen LogP contribution in [0.3, 0.4) is 0 Å². The average molecular weight is 372 g/mol. The summed E-state index contributed by atoms with van der Waals surface area (Å²) in [6.45, 7) is 1.80. The van der Waals surface area contributed by atoms with Crippen LogP contribution in [0.2, 0.25) is 0 Å². The molecule has 136 valence electrons. The maximum atomic E-state index is 12.9. The van der Waals surface area contributed by atoms with E-state index in [9.17, 15) is 18.0 Å². The summed E-state index contributed by atoms with van der Waals surface area (Å²) < 4.78 is 38.8. The molecule has 0 aromatic heterocycles. The second kappa shape index (κ2) is 7.07. The van der Waals surface area contributed by atoms with Crippen molar-refractivity contribution >= 4 is 29.0 Å². The molecule has 3 rings (SSSR count). The number of thioether (sulfide) groups is 1. The Bertz CT molecular complexity index is 674. The predicted molar refractivity (Wildman–Crippen MR) is 92.8 cm³/mol. The van der Waals surface area contributed by atoms with Gasteiger partial charge in [-0.2, -0.15) is 0 Å². The molecule has 2 aliphatic heterocycles. The molecule has 1 unspecified atom stereocenters. The zero-order valence-corrected chi connectivity index (χ0v) is 14.2. The standard InChI is InChI=1S/C16H19F3N4OS/c17-16(18,19)23-8-9-25-15(23)21-14(24)12-10-11(4-5-13(12)20)22-6-2-1-3-7-22/h4-5,8-10,15H,1-3,6-7,20H2,(H,21,24). The number of benzene rings is 1. The minimum Gasteiger partial charge on any atom is -0.398 e. The normalized spacial score (nSPS) is 20.8. The van der Waals surface area contributed by atoms with Crippen molar-refractivity contribution in [1.82, 2.24) is 10.2 Å². The van der Waals surface area contributed by atoms with Gasteiger partial charge in [-0.05, 0) is 42.9 Å². The molecule has 0 saturated carbocycles. The Morgan fingerprint density at radius 1 is 1.24 bits per heavy atom. The van der Waals surface area contributed by atoms with Gasteiger partial charge in [-0.3, -0.25) is 9.69 Å². The third kappa shape index (κ3) is 3.97. The van der Waals surface area contributed by atoms with E-state index in [-0.39, 0.29) is 16.2 Å². The van der Waals surface area contributed by atoms with E-state index in [1.807, 2.05) is 6.07 Å². The lowest BCUT2D eigenvalue weighted by Crippen LogP contribution is -2.47. The van der Waals surface area contributed by atoms with E-state index in [4.69, 9.17) is 5.73 Å². The number of carbonyl (C=O) groups is 1. The minimum absolute atomic E-state index is 0.153. The molecule has 0 radical (unpaired) electrons. The summed E-state index contributed by atoms with van der Waals surface area (Å²) in [4.78, 5) is 14.8. The van der Waals surface area contributed by atoms with Crippen molar-refractivity contribution in [3.8, 4) is 0 Å². The summed E-state index contributed by atoms with van der Waals surface area (Å²) in [7, 11) is 0. The summed E-state index contributed by atoms with van der Waals surface area (Å²) in [6.07, 6.45) is -0.312. The number of hydrogen-bond donors (Lipinski definition) is 2. The number of nitrogens with one attached hydrogen (secondary N) is 1. The van der Waals surface area contributed by atoms with Crippen LogP contribution in [-0.2, 0) is 0 Å². The van der Waals surface area contributed by atoms with E-state index in [0.29, 0.717) is 0 Å². The summed E-state index contributed by atoms with van der Waals surface area (Å²) in [5.41, 5.74) is 5.95. The van der Waals surface area contributed by atoms with Gasteiger partial charge in [-0.25, -0.2) is 0 Å². The van der Waals surface area contributed by atoms with Gasteiger partial charge in [-0.1, -0.05) is 11.8 Å². The summed E-state index contributed by atoms with van der Waals surface area (Å²) in [6, 6.07) is 5.12. The highest BCUT2D eigenvalue weighted by molar-refractivity contribution is 8.02. The SMILES string of the molecule is Nc1ccc(N2CCCCC2)cc1C(=O)NC1SC=CN1C(F)(F)F. The molecule has 5 nitrogen and oxygen atoms in total. The zero-order valence-electron chi connectivity index (χ0n) is 13.4. The van der Waals surface area contributed by atoms with E-state index in [1.165, 1.54) is 11.8 Å². The first-order valence-electron chi connectivity index (χ1n) is 7.99. The zero-order chi connectivity index (χ0) is 18.0. The Morgan fingerprint density at radius 2 is 1.96 bits per heavy atom. The van der Waals surface area contributed by atoms with Crippen LogP contribution in [0.15, 0.2) is 29.8 Å². The number of nitrogens with zero attached hydrogens (tertiary/aromatic N) is 2. The van der Waals surface area contributed by atoms with Crippen LogP contribution >= 0.6 is 11.8 Å². The molecule has 1 aromatic carbocycles. The number of nitrogens with two attached hydrogens (primary N) is 1. The molecule has 1 aromatic rings. The van der Waals surface area contributed by atoms with Crippen LogP contribution in [0.1, 0.15) is 29.6 Å². The van der Waals surface area contributed by atoms with E-state index in [2.05, 4.69) is 10.2 Å². The molecule has 0 aliphatic carbocycles. The molecule has 1 saturated heterocycles. The molecule has 0 bridgehead atoms. The van der Waals surface area contributed by atoms with Crippen LogP contribution < -0.4 is 16.0 Å². The Hall–Kier alpha value is -2.03. The smallest absolute Gasteiger partial charge is 0.398 e. The van der Waals surface area contributed by atoms with Crippen LogP contribution in [0.25, 0.3) is 0 Å². The van der Waals surface area contributed by atoms with Gasteiger partial charge in [0.1, 0.15) is 0 Å². The van der Waals surface area contributed by atoms with Gasteiger partial charge in [0.25, 0.3) is 5.91 Å². The highest BCUT2D eigenvalue weighted by Crippen LogP contribution is 2.34. The maximum absolute atomic E-state index is 12.9. The lowest BCUT2D eigenvalue weighted by Gasteiger charge is -2.30. The van der Waals surface area contributed by atoms with Crippen molar-refractivity contribution in [2.24, 2.45) is 0 Å². The number of anilines is 2. The topological polar surface area (TPSA) is 61.6 Å². The monoisotopic (exact) mass is 372 g/mol. The fourth-order valence-electron chi connectivity index (χ4n) is 2.92. The Morgan fingerprint density at radius 3 is 2.64 bits per heavy atom. The Kier molecular flexibility index (Phi) is 5.03. The quantitative estimate of drug-likeness (QED) is 0.630. The number of halogens is 3. The summed E-state index contributed by atoms with van der Waals surface area (Å²) in [5.74, 6) is -0.619. The lowest BCUT2D eigenvalue weighted by atomic mass is 10.1. The van der Waals surface area contributed by atoms with Crippen LogP contribution in [-0.4, -0.2) is 35.7 Å². The molecular formula is C16H19F3N4OS. The van der Waals surface area contributed by atoms with Gasteiger partial charge < -0.3 is 16.0 Å². The van der Waals surface area contributed by atoms with Gasteiger partial charge >= 0.3 is 6.30 Å². The average Bonchev–Trinajstić information content (AvgIpc) is 3.04. The van der Waals surface area contributed by atoms with Crippen molar-refractivity contribution in [2.75, 3.05) is 23.7 Å². The molecule has 1 amide bonds. The van der Waals surface area contributed by atoms with Crippen LogP contribution in [0, 0.1) is 0 Å². The fraction of sp³-hybridized carbons (Fsp3) is 0.438. The highest BCUT2D eigenvalue weighted by Gasteiger charge is 2.42. The van der Waals surface area contributed by atoms with Crippen molar-refractivity contribution in [1.29, 1.82) is 0 Å². The number of amides is 1. The second-order valence-corrected chi connectivity index (χ2v) is 6.93. The first kappa shape index (κ1) is 17.8. The van der Waals surface area contributed by atoms with Gasteiger partial charge in [0.2, 0.25) is 0 Å². The molecule has 0 spiro atoms. The van der Waals surface area contributed by atoms with Gasteiger partial charge in [0, 0.05) is 30.7 Å². The molecule has 2 heterocycles. The van der Waals surface area contributed by atoms with Crippen molar-refractivity contribution < 1.29 is 18.0 Å². The van der Waals surface area contributed by atoms with E-state index >= 15 is 0 Å². The second-order valence-electron chi connectivity index (χ2n) is 5.94. The number of alkyl halides is 3. The molecule has 2 aliphatic rings. The largest absolute Gasteiger partial charge is 0.486 e. The van der Waals surface area contributed by atoms with Crippen LogP contribution in [0.5, 0.6) is 0 Å². The van der Waals surface area contributed by atoms with Gasteiger partial charge in [0.15, 0.2) is 5.50 Å². The van der Waals surface area contributed by atoms with Gasteiger partial charge in [-0.15, -0.1) is 13.2 Å². The number of rotatable bonds is 3. The third-order valence-electron chi connectivity index (χ3n) is 4.23.